The van der Waals surface area contributed by atoms with Gasteiger partial charge in [0.15, 0.2) is 11.6 Å². The van der Waals surface area contributed by atoms with Gasteiger partial charge in [-0.2, -0.15) is 0 Å². The molecular weight excluding hydrogens is 417 g/mol. The highest BCUT2D eigenvalue weighted by Gasteiger charge is 2.46. The monoisotopic (exact) mass is 441 g/mol. The Hall–Kier alpha value is -3.30. The molecule has 2 saturated heterocycles. The van der Waals surface area contributed by atoms with Gasteiger partial charge < -0.3 is 19.5 Å². The van der Waals surface area contributed by atoms with Gasteiger partial charge in [-0.25, -0.2) is 4.39 Å². The van der Waals surface area contributed by atoms with Crippen molar-refractivity contribution >= 4 is 17.4 Å². The van der Waals surface area contributed by atoms with E-state index in [2.05, 4.69) is 9.88 Å². The predicted molar refractivity (Wildman–Crippen MR) is 113 cm³/mol. The average molecular weight is 441 g/mol. The van der Waals surface area contributed by atoms with Crippen LogP contribution in [-0.2, 0) is 14.3 Å². The van der Waals surface area contributed by atoms with Crippen molar-refractivity contribution in [2.24, 2.45) is 0 Å². The van der Waals surface area contributed by atoms with Crippen LogP contribution in [0.1, 0.15) is 17.3 Å². The maximum atomic E-state index is 14.2. The fourth-order valence-corrected chi connectivity index (χ4v) is 4.00. The average Bonchev–Trinajstić information content (AvgIpc) is 3.08. The van der Waals surface area contributed by atoms with Crippen molar-refractivity contribution in [3.63, 3.8) is 0 Å². The summed E-state index contributed by atoms with van der Waals surface area (Å²) in [5.74, 6) is -2.67. The zero-order valence-electron chi connectivity index (χ0n) is 17.7. The van der Waals surface area contributed by atoms with Crippen molar-refractivity contribution < 1.29 is 28.6 Å². The van der Waals surface area contributed by atoms with Crippen LogP contribution in [0.5, 0.6) is 5.75 Å². The number of carbonyl (C=O) groups excluding carboxylic acids is 2. The molecule has 3 heterocycles. The molecule has 2 aliphatic rings. The van der Waals surface area contributed by atoms with Gasteiger partial charge in [0.2, 0.25) is 0 Å². The minimum absolute atomic E-state index is 0.00814. The first-order valence-electron chi connectivity index (χ1n) is 10.3. The van der Waals surface area contributed by atoms with E-state index in [-0.39, 0.29) is 23.4 Å². The Morgan fingerprint density at radius 3 is 2.66 bits per heavy atom. The van der Waals surface area contributed by atoms with E-state index >= 15 is 0 Å². The number of rotatable bonds is 6. The van der Waals surface area contributed by atoms with Crippen LogP contribution in [0.4, 0.5) is 4.39 Å². The molecule has 2 aliphatic heterocycles. The highest BCUT2D eigenvalue weighted by atomic mass is 19.1. The van der Waals surface area contributed by atoms with Crippen molar-refractivity contribution in [3.8, 4) is 5.75 Å². The summed E-state index contributed by atoms with van der Waals surface area (Å²) in [5.41, 5.74) is 0.417. The number of Topliss-reactive ketones (excluding diaryl/α,β-unsaturated/α-hetero) is 1. The van der Waals surface area contributed by atoms with E-state index in [9.17, 15) is 19.1 Å². The third-order valence-corrected chi connectivity index (χ3v) is 5.69. The highest BCUT2D eigenvalue weighted by Crippen LogP contribution is 2.38. The first-order valence-corrected chi connectivity index (χ1v) is 10.3. The van der Waals surface area contributed by atoms with E-state index in [4.69, 9.17) is 9.47 Å². The van der Waals surface area contributed by atoms with Crippen molar-refractivity contribution in [2.45, 2.75) is 6.04 Å². The maximum Gasteiger partial charge on any atom is 0.295 e. The van der Waals surface area contributed by atoms with Crippen molar-refractivity contribution in [3.05, 3.63) is 65.2 Å². The molecule has 0 aliphatic carbocycles. The molecule has 1 aromatic carbocycles. The number of benzene rings is 1. The zero-order valence-corrected chi connectivity index (χ0v) is 17.7. The van der Waals surface area contributed by atoms with E-state index in [1.807, 2.05) is 0 Å². The number of aromatic nitrogens is 1. The van der Waals surface area contributed by atoms with Gasteiger partial charge >= 0.3 is 0 Å². The van der Waals surface area contributed by atoms with Crippen LogP contribution < -0.4 is 4.74 Å². The van der Waals surface area contributed by atoms with E-state index in [1.165, 1.54) is 24.1 Å². The number of nitrogens with zero attached hydrogens (tertiary/aromatic N) is 3. The molecule has 32 heavy (non-hydrogen) atoms. The van der Waals surface area contributed by atoms with Gasteiger partial charge in [-0.3, -0.25) is 19.5 Å². The SMILES string of the molecule is COc1ccc(/C(O)=C2\C(=O)C(=O)N(CCN3CCOCC3)C2c2ccccn2)cc1F. The predicted octanol–water partition coefficient (Wildman–Crippen LogP) is 1.98. The molecule has 0 radical (unpaired) electrons. The van der Waals surface area contributed by atoms with Crippen molar-refractivity contribution in [1.82, 2.24) is 14.8 Å². The number of aliphatic hydroxyl groups excluding tert-OH is 1. The van der Waals surface area contributed by atoms with Gasteiger partial charge in [-0.15, -0.1) is 0 Å². The van der Waals surface area contributed by atoms with Crippen LogP contribution in [0.2, 0.25) is 0 Å². The number of amides is 1. The Kier molecular flexibility index (Phi) is 6.48. The molecule has 1 N–H and O–H groups in total. The van der Waals surface area contributed by atoms with Crippen LogP contribution in [0, 0.1) is 5.82 Å². The number of ketones is 1. The lowest BCUT2D eigenvalue weighted by molar-refractivity contribution is -0.140. The number of pyridine rings is 1. The summed E-state index contributed by atoms with van der Waals surface area (Å²) < 4.78 is 24.5. The standard InChI is InChI=1S/C23H24FN3O5/c1-31-18-6-5-15(14-16(18)24)21(28)19-20(17-4-2-3-7-25-17)27(23(30)22(19)29)9-8-26-10-12-32-13-11-26/h2-7,14,20,28H,8-13H2,1H3/b21-19+. The number of likely N-dealkylation sites (tertiary alicyclic amines) is 1. The van der Waals surface area contributed by atoms with Crippen LogP contribution in [0.25, 0.3) is 5.76 Å². The molecule has 2 fully saturated rings. The molecule has 0 bridgehead atoms. The molecule has 1 aromatic heterocycles. The second kappa shape index (κ2) is 9.46. The van der Waals surface area contributed by atoms with Crippen LogP contribution in [0.3, 0.4) is 0 Å². The lowest BCUT2D eigenvalue weighted by atomic mass is 9.98. The second-order valence-electron chi connectivity index (χ2n) is 7.55. The Balaban J connectivity index is 1.72. The summed E-state index contributed by atoms with van der Waals surface area (Å²) in [7, 11) is 1.33. The lowest BCUT2D eigenvalue weighted by Crippen LogP contribution is -2.42. The fourth-order valence-electron chi connectivity index (χ4n) is 4.00. The first-order chi connectivity index (χ1) is 15.5. The molecule has 0 saturated carbocycles. The number of morpholine rings is 1. The summed E-state index contributed by atoms with van der Waals surface area (Å²) in [4.78, 5) is 33.8. The Morgan fingerprint density at radius 1 is 1.22 bits per heavy atom. The third-order valence-electron chi connectivity index (χ3n) is 5.69. The first kappa shape index (κ1) is 21.9. The molecule has 1 unspecified atom stereocenters. The van der Waals surface area contributed by atoms with Crippen molar-refractivity contribution in [2.75, 3.05) is 46.5 Å². The van der Waals surface area contributed by atoms with E-state index in [0.717, 1.165) is 19.2 Å². The van der Waals surface area contributed by atoms with Crippen LogP contribution in [0.15, 0.2) is 48.2 Å². The molecule has 9 heteroatoms. The van der Waals surface area contributed by atoms with Gasteiger partial charge in [-0.1, -0.05) is 6.07 Å². The number of hydrogen-bond donors (Lipinski definition) is 1. The van der Waals surface area contributed by atoms with Gasteiger partial charge in [-0.05, 0) is 30.3 Å². The van der Waals surface area contributed by atoms with E-state index in [1.54, 1.807) is 24.4 Å². The minimum atomic E-state index is -0.873. The largest absolute Gasteiger partial charge is 0.507 e. The molecule has 1 amide bonds. The van der Waals surface area contributed by atoms with Gasteiger partial charge in [0.1, 0.15) is 11.8 Å². The normalized spacial score (nSPS) is 21.2. The minimum Gasteiger partial charge on any atom is -0.507 e. The Bertz CT molecular complexity index is 1040. The summed E-state index contributed by atoms with van der Waals surface area (Å²) in [5, 5.41) is 11.0. The fraction of sp³-hybridized carbons (Fsp3) is 0.348. The van der Waals surface area contributed by atoms with E-state index < -0.39 is 29.3 Å². The molecule has 1 atom stereocenters. The highest BCUT2D eigenvalue weighted by molar-refractivity contribution is 6.46. The molecule has 4 rings (SSSR count). The van der Waals surface area contributed by atoms with Gasteiger partial charge in [0.05, 0.1) is 31.6 Å². The molecule has 168 valence electrons. The van der Waals surface area contributed by atoms with Gasteiger partial charge in [0, 0.05) is 37.9 Å². The topological polar surface area (TPSA) is 92.2 Å². The summed E-state index contributed by atoms with van der Waals surface area (Å²) in [6.07, 6.45) is 1.56. The number of aliphatic hydroxyl groups is 1. The van der Waals surface area contributed by atoms with Crippen LogP contribution in [-0.4, -0.2) is 78.1 Å². The summed E-state index contributed by atoms with van der Waals surface area (Å²) in [6, 6.07) is 8.16. The second-order valence-corrected chi connectivity index (χ2v) is 7.55. The molecule has 8 nitrogen and oxygen atoms in total. The zero-order chi connectivity index (χ0) is 22.7. The third kappa shape index (κ3) is 4.21. The number of methoxy groups -OCH3 is 1. The summed E-state index contributed by atoms with van der Waals surface area (Å²) in [6.45, 7) is 3.54. The number of carbonyl (C=O) groups is 2. The number of hydrogen-bond acceptors (Lipinski definition) is 7. The smallest absolute Gasteiger partial charge is 0.295 e. The quantitative estimate of drug-likeness (QED) is 0.416. The van der Waals surface area contributed by atoms with Crippen LogP contribution >= 0.6 is 0 Å². The lowest BCUT2D eigenvalue weighted by Gasteiger charge is -2.30. The summed E-state index contributed by atoms with van der Waals surface area (Å²) >= 11 is 0. The molecule has 2 aromatic rings. The van der Waals surface area contributed by atoms with E-state index in [0.29, 0.717) is 25.5 Å². The number of ether oxygens (including phenoxy) is 2. The van der Waals surface area contributed by atoms with Crippen molar-refractivity contribution in [1.29, 1.82) is 0 Å². The number of halogens is 1. The molecule has 0 spiro atoms. The Labute approximate surface area is 184 Å². The maximum absolute atomic E-state index is 14.2. The Morgan fingerprint density at radius 2 is 2.00 bits per heavy atom. The van der Waals surface area contributed by atoms with Gasteiger partial charge in [0.25, 0.3) is 11.7 Å². The molecular formula is C23H24FN3O5.